The molecule has 0 spiro atoms. The first-order valence-electron chi connectivity index (χ1n) is 3.65. The molecule has 0 saturated heterocycles. The van der Waals surface area contributed by atoms with Crippen LogP contribution in [-0.4, -0.2) is 14.9 Å². The fourth-order valence-electron chi connectivity index (χ4n) is 1.22. The van der Waals surface area contributed by atoms with Crippen molar-refractivity contribution in [1.82, 2.24) is 9.78 Å². The summed E-state index contributed by atoms with van der Waals surface area (Å²) >= 11 is 11.6. The summed E-state index contributed by atoms with van der Waals surface area (Å²) in [4.78, 5) is 0. The fourth-order valence-corrected chi connectivity index (χ4v) is 1.63. The van der Waals surface area contributed by atoms with Crippen molar-refractivity contribution in [3.63, 3.8) is 0 Å². The summed E-state index contributed by atoms with van der Waals surface area (Å²) in [5.74, 6) is 0. The molecule has 68 valence electrons. The van der Waals surface area contributed by atoms with Crippen molar-refractivity contribution in [1.29, 1.82) is 0 Å². The summed E-state index contributed by atoms with van der Waals surface area (Å²) in [7, 11) is 0. The predicted octanol–water partition coefficient (Wildman–Crippen LogP) is 2.29. The maximum atomic E-state index is 8.93. The Kier molecular flexibility index (Phi) is 2.15. The second-order valence-corrected chi connectivity index (χ2v) is 3.39. The van der Waals surface area contributed by atoms with E-state index >= 15 is 0 Å². The van der Waals surface area contributed by atoms with Crippen molar-refractivity contribution in [3.05, 3.63) is 28.4 Å². The lowest BCUT2D eigenvalue weighted by molar-refractivity contribution is 0.200. The molecule has 0 saturated carbocycles. The Hall–Kier alpha value is -0.770. The maximum Gasteiger partial charge on any atom is 0.159 e. The number of aliphatic hydroxyl groups is 1. The number of hydrogen-bond acceptors (Lipinski definition) is 2. The van der Waals surface area contributed by atoms with Crippen LogP contribution in [0.5, 0.6) is 0 Å². The van der Waals surface area contributed by atoms with Gasteiger partial charge in [-0.1, -0.05) is 23.2 Å². The zero-order valence-electron chi connectivity index (χ0n) is 6.54. The monoisotopic (exact) mass is 216 g/mol. The molecule has 2 rings (SSSR count). The highest BCUT2D eigenvalue weighted by Crippen LogP contribution is 2.25. The number of aromatic nitrogens is 2. The SMILES string of the molecule is OCn1nc(Cl)c2cc(Cl)ccc21. The van der Waals surface area contributed by atoms with Gasteiger partial charge in [-0.25, -0.2) is 4.68 Å². The molecule has 0 aliphatic heterocycles. The maximum absolute atomic E-state index is 8.93. The number of nitrogens with zero attached hydrogens (tertiary/aromatic N) is 2. The Morgan fingerprint density at radius 1 is 1.38 bits per heavy atom. The third-order valence-electron chi connectivity index (χ3n) is 1.80. The fraction of sp³-hybridized carbons (Fsp3) is 0.125. The zero-order chi connectivity index (χ0) is 9.42. The van der Waals surface area contributed by atoms with Gasteiger partial charge in [0.05, 0.1) is 5.52 Å². The van der Waals surface area contributed by atoms with Crippen LogP contribution in [0, 0.1) is 0 Å². The van der Waals surface area contributed by atoms with Crippen LogP contribution in [-0.2, 0) is 6.73 Å². The van der Waals surface area contributed by atoms with Gasteiger partial charge in [0.1, 0.15) is 6.73 Å². The Morgan fingerprint density at radius 3 is 2.85 bits per heavy atom. The van der Waals surface area contributed by atoms with Gasteiger partial charge in [-0.3, -0.25) is 0 Å². The van der Waals surface area contributed by atoms with E-state index in [0.717, 1.165) is 10.9 Å². The van der Waals surface area contributed by atoms with Crippen LogP contribution in [0.3, 0.4) is 0 Å². The van der Waals surface area contributed by atoms with E-state index in [1.54, 1.807) is 18.2 Å². The van der Waals surface area contributed by atoms with Crippen molar-refractivity contribution in [2.24, 2.45) is 0 Å². The predicted molar refractivity (Wildman–Crippen MR) is 52.0 cm³/mol. The average molecular weight is 217 g/mol. The number of rotatable bonds is 1. The van der Waals surface area contributed by atoms with Crippen LogP contribution >= 0.6 is 23.2 Å². The molecule has 1 aromatic carbocycles. The third kappa shape index (κ3) is 1.39. The van der Waals surface area contributed by atoms with Crippen LogP contribution < -0.4 is 0 Å². The van der Waals surface area contributed by atoms with E-state index in [1.165, 1.54) is 4.68 Å². The molecule has 13 heavy (non-hydrogen) atoms. The van der Waals surface area contributed by atoms with Crippen LogP contribution in [0.25, 0.3) is 10.9 Å². The molecule has 0 bridgehead atoms. The molecule has 0 unspecified atom stereocenters. The largest absolute Gasteiger partial charge is 0.374 e. The van der Waals surface area contributed by atoms with Gasteiger partial charge < -0.3 is 5.11 Å². The smallest absolute Gasteiger partial charge is 0.159 e. The van der Waals surface area contributed by atoms with Crippen LogP contribution in [0.15, 0.2) is 18.2 Å². The minimum Gasteiger partial charge on any atom is -0.374 e. The van der Waals surface area contributed by atoms with Gasteiger partial charge >= 0.3 is 0 Å². The molecule has 0 aliphatic rings. The molecule has 0 atom stereocenters. The van der Waals surface area contributed by atoms with Gasteiger partial charge in [-0.05, 0) is 18.2 Å². The number of fused-ring (bicyclic) bond motifs is 1. The Bertz CT molecular complexity index is 453. The van der Waals surface area contributed by atoms with Gasteiger partial charge in [0.2, 0.25) is 0 Å². The number of benzene rings is 1. The molecule has 0 radical (unpaired) electrons. The van der Waals surface area contributed by atoms with E-state index in [0.29, 0.717) is 10.2 Å². The molecule has 0 amide bonds. The Labute approximate surface area is 84.5 Å². The number of halogens is 2. The Balaban J connectivity index is 2.80. The molecule has 2 aromatic rings. The van der Waals surface area contributed by atoms with Gasteiger partial charge in [0.25, 0.3) is 0 Å². The molecular formula is C8H6Cl2N2O. The second-order valence-electron chi connectivity index (χ2n) is 2.59. The minimum absolute atomic E-state index is 0.190. The second kappa shape index (κ2) is 3.18. The van der Waals surface area contributed by atoms with Crippen LogP contribution in [0.2, 0.25) is 10.2 Å². The summed E-state index contributed by atoms with van der Waals surface area (Å²) in [6.45, 7) is -0.190. The lowest BCUT2D eigenvalue weighted by atomic mass is 10.2. The molecule has 1 aromatic heterocycles. The van der Waals surface area contributed by atoms with E-state index in [-0.39, 0.29) is 6.73 Å². The summed E-state index contributed by atoms with van der Waals surface area (Å²) in [6, 6.07) is 5.22. The molecular weight excluding hydrogens is 211 g/mol. The highest BCUT2D eigenvalue weighted by molar-refractivity contribution is 6.35. The molecule has 1 N–H and O–H groups in total. The van der Waals surface area contributed by atoms with E-state index in [9.17, 15) is 0 Å². The van der Waals surface area contributed by atoms with Gasteiger partial charge in [0.15, 0.2) is 5.15 Å². The van der Waals surface area contributed by atoms with Crippen molar-refractivity contribution < 1.29 is 5.11 Å². The summed E-state index contributed by atoms with van der Waals surface area (Å²) in [5, 5.41) is 14.6. The molecule has 5 heteroatoms. The lowest BCUT2D eigenvalue weighted by Gasteiger charge is -1.96. The van der Waals surface area contributed by atoms with E-state index in [1.807, 2.05) is 0 Å². The number of hydrogen-bond donors (Lipinski definition) is 1. The normalized spacial score (nSPS) is 11.0. The summed E-state index contributed by atoms with van der Waals surface area (Å²) < 4.78 is 1.41. The summed E-state index contributed by atoms with van der Waals surface area (Å²) in [5.41, 5.74) is 0.775. The van der Waals surface area contributed by atoms with Crippen molar-refractivity contribution in [3.8, 4) is 0 Å². The zero-order valence-corrected chi connectivity index (χ0v) is 8.05. The van der Waals surface area contributed by atoms with Gasteiger partial charge in [0, 0.05) is 10.4 Å². The third-order valence-corrected chi connectivity index (χ3v) is 2.32. The van der Waals surface area contributed by atoms with Gasteiger partial charge in [-0.15, -0.1) is 0 Å². The highest BCUT2D eigenvalue weighted by Gasteiger charge is 2.07. The summed E-state index contributed by atoms with van der Waals surface area (Å²) in [6.07, 6.45) is 0. The average Bonchev–Trinajstić information content (AvgIpc) is 2.43. The topological polar surface area (TPSA) is 38.0 Å². The van der Waals surface area contributed by atoms with E-state index in [4.69, 9.17) is 28.3 Å². The molecule has 3 nitrogen and oxygen atoms in total. The molecule has 1 heterocycles. The minimum atomic E-state index is -0.190. The van der Waals surface area contributed by atoms with Crippen molar-refractivity contribution in [2.75, 3.05) is 0 Å². The molecule has 0 aliphatic carbocycles. The standard InChI is InChI=1S/C8H6Cl2N2O/c9-5-1-2-7-6(3-5)8(10)11-12(7)4-13/h1-3,13H,4H2. The first-order valence-corrected chi connectivity index (χ1v) is 4.40. The lowest BCUT2D eigenvalue weighted by Crippen LogP contribution is -1.97. The Morgan fingerprint density at radius 2 is 2.15 bits per heavy atom. The van der Waals surface area contributed by atoms with Crippen molar-refractivity contribution in [2.45, 2.75) is 6.73 Å². The quantitative estimate of drug-likeness (QED) is 0.795. The first-order chi connectivity index (χ1) is 6.22. The molecule has 0 fully saturated rings. The number of aliphatic hydroxyl groups excluding tert-OH is 1. The van der Waals surface area contributed by atoms with Crippen LogP contribution in [0.1, 0.15) is 0 Å². The first kappa shape index (κ1) is 8.81. The van der Waals surface area contributed by atoms with Crippen LogP contribution in [0.4, 0.5) is 0 Å². The van der Waals surface area contributed by atoms with E-state index < -0.39 is 0 Å². The van der Waals surface area contributed by atoms with Crippen molar-refractivity contribution >= 4 is 34.1 Å². The highest BCUT2D eigenvalue weighted by atomic mass is 35.5. The van der Waals surface area contributed by atoms with Gasteiger partial charge in [-0.2, -0.15) is 5.10 Å². The van der Waals surface area contributed by atoms with E-state index in [2.05, 4.69) is 5.10 Å².